The van der Waals surface area contributed by atoms with Gasteiger partial charge in [-0.05, 0) is 42.3 Å². The third kappa shape index (κ3) is 2.84. The van der Waals surface area contributed by atoms with Crippen LogP contribution in [0.2, 0.25) is 0 Å². The van der Waals surface area contributed by atoms with Crippen LogP contribution in [0, 0.1) is 0 Å². The molecule has 0 aliphatic heterocycles. The summed E-state index contributed by atoms with van der Waals surface area (Å²) in [7, 11) is 1.69. The average molecular weight is 281 g/mol. The Bertz CT molecular complexity index is 718. The van der Waals surface area contributed by atoms with Crippen molar-refractivity contribution in [2.75, 3.05) is 12.4 Å². The molecule has 4 nitrogen and oxygen atoms in total. The van der Waals surface area contributed by atoms with E-state index in [0.29, 0.717) is 0 Å². The van der Waals surface area contributed by atoms with E-state index in [2.05, 4.69) is 46.7 Å². The molecule has 4 heteroatoms. The van der Waals surface area contributed by atoms with E-state index in [1.807, 2.05) is 24.4 Å². The number of nitrogens with one attached hydrogen (secondary N) is 2. The SMILES string of the molecule is CCC(Nc1ccc2[nH]ncc2c1)c1ccc(OC)cc1. The van der Waals surface area contributed by atoms with Crippen LogP contribution in [0.25, 0.3) is 10.9 Å². The second kappa shape index (κ2) is 5.87. The Balaban J connectivity index is 1.82. The monoisotopic (exact) mass is 281 g/mol. The summed E-state index contributed by atoms with van der Waals surface area (Å²) in [5.41, 5.74) is 3.41. The molecule has 0 saturated heterocycles. The molecule has 0 aliphatic rings. The van der Waals surface area contributed by atoms with Gasteiger partial charge in [0.05, 0.1) is 24.9 Å². The maximum atomic E-state index is 5.21. The lowest BCUT2D eigenvalue weighted by molar-refractivity contribution is 0.414. The van der Waals surface area contributed by atoms with Crippen molar-refractivity contribution < 1.29 is 4.74 Å². The van der Waals surface area contributed by atoms with Crippen LogP contribution in [0.4, 0.5) is 5.69 Å². The van der Waals surface area contributed by atoms with Gasteiger partial charge in [0.2, 0.25) is 0 Å². The number of nitrogens with zero attached hydrogens (tertiary/aromatic N) is 1. The molecule has 0 fully saturated rings. The van der Waals surface area contributed by atoms with E-state index < -0.39 is 0 Å². The zero-order valence-electron chi connectivity index (χ0n) is 12.3. The van der Waals surface area contributed by atoms with Gasteiger partial charge in [-0.1, -0.05) is 19.1 Å². The molecule has 1 heterocycles. The highest BCUT2D eigenvalue weighted by Gasteiger charge is 2.09. The predicted octanol–water partition coefficient (Wildman–Crippen LogP) is 4.13. The minimum Gasteiger partial charge on any atom is -0.497 e. The third-order valence-corrected chi connectivity index (χ3v) is 3.71. The van der Waals surface area contributed by atoms with Gasteiger partial charge in [-0.3, -0.25) is 5.10 Å². The van der Waals surface area contributed by atoms with Gasteiger partial charge in [0, 0.05) is 11.1 Å². The normalized spacial score (nSPS) is 12.3. The highest BCUT2D eigenvalue weighted by atomic mass is 16.5. The quantitative estimate of drug-likeness (QED) is 0.739. The van der Waals surface area contributed by atoms with Crippen molar-refractivity contribution >= 4 is 16.6 Å². The summed E-state index contributed by atoms with van der Waals surface area (Å²) in [5, 5.41) is 11.7. The van der Waals surface area contributed by atoms with E-state index in [0.717, 1.165) is 28.8 Å². The number of aromatic nitrogens is 2. The first-order valence-corrected chi connectivity index (χ1v) is 7.13. The Morgan fingerprint density at radius 2 is 2.00 bits per heavy atom. The summed E-state index contributed by atoms with van der Waals surface area (Å²) in [6, 6.07) is 14.7. The van der Waals surface area contributed by atoms with E-state index in [-0.39, 0.29) is 6.04 Å². The van der Waals surface area contributed by atoms with Gasteiger partial charge < -0.3 is 10.1 Å². The van der Waals surface area contributed by atoms with Gasteiger partial charge in [-0.15, -0.1) is 0 Å². The maximum Gasteiger partial charge on any atom is 0.118 e. The first-order valence-electron chi connectivity index (χ1n) is 7.13. The highest BCUT2D eigenvalue weighted by molar-refractivity contribution is 5.81. The number of benzene rings is 2. The zero-order chi connectivity index (χ0) is 14.7. The molecule has 2 N–H and O–H groups in total. The molecule has 1 aromatic heterocycles. The molecule has 0 aliphatic carbocycles. The largest absolute Gasteiger partial charge is 0.497 e. The van der Waals surface area contributed by atoms with Gasteiger partial charge in [0.25, 0.3) is 0 Å². The lowest BCUT2D eigenvalue weighted by Crippen LogP contribution is -2.09. The molecule has 21 heavy (non-hydrogen) atoms. The number of ether oxygens (including phenoxy) is 1. The number of H-pyrrole nitrogens is 1. The van der Waals surface area contributed by atoms with Crippen molar-refractivity contribution in [1.82, 2.24) is 10.2 Å². The highest BCUT2D eigenvalue weighted by Crippen LogP contribution is 2.26. The van der Waals surface area contributed by atoms with E-state index >= 15 is 0 Å². The maximum absolute atomic E-state index is 5.21. The van der Waals surface area contributed by atoms with E-state index in [9.17, 15) is 0 Å². The fourth-order valence-corrected chi connectivity index (χ4v) is 2.49. The number of hydrogen-bond acceptors (Lipinski definition) is 3. The molecule has 0 spiro atoms. The molecule has 0 bridgehead atoms. The van der Waals surface area contributed by atoms with Crippen LogP contribution in [0.5, 0.6) is 5.75 Å². The van der Waals surface area contributed by atoms with E-state index in [1.165, 1.54) is 5.56 Å². The van der Waals surface area contributed by atoms with E-state index in [1.54, 1.807) is 7.11 Å². The van der Waals surface area contributed by atoms with Crippen LogP contribution in [-0.4, -0.2) is 17.3 Å². The van der Waals surface area contributed by atoms with Crippen molar-refractivity contribution in [3.63, 3.8) is 0 Å². The molecule has 108 valence electrons. The molecule has 0 radical (unpaired) electrons. The van der Waals surface area contributed by atoms with Gasteiger partial charge in [0.1, 0.15) is 5.75 Å². The molecular formula is C17H19N3O. The molecular weight excluding hydrogens is 262 g/mol. The standard InChI is InChI=1S/C17H19N3O/c1-3-16(12-4-7-15(21-2)8-5-12)19-14-6-9-17-13(10-14)11-18-20-17/h4-11,16,19H,3H2,1-2H3,(H,18,20). The number of fused-ring (bicyclic) bond motifs is 1. The Kier molecular flexibility index (Phi) is 3.77. The predicted molar refractivity (Wildman–Crippen MR) is 85.7 cm³/mol. The minimum atomic E-state index is 0.278. The Morgan fingerprint density at radius 1 is 1.19 bits per heavy atom. The Morgan fingerprint density at radius 3 is 2.71 bits per heavy atom. The lowest BCUT2D eigenvalue weighted by atomic mass is 10.0. The number of methoxy groups -OCH3 is 1. The average Bonchev–Trinajstić information content (AvgIpc) is 3.00. The van der Waals surface area contributed by atoms with Crippen LogP contribution in [0.1, 0.15) is 24.9 Å². The Labute approximate surface area is 124 Å². The minimum absolute atomic E-state index is 0.278. The molecule has 2 aromatic carbocycles. The second-order valence-electron chi connectivity index (χ2n) is 5.05. The van der Waals surface area contributed by atoms with Gasteiger partial charge in [0.15, 0.2) is 0 Å². The number of anilines is 1. The summed E-state index contributed by atoms with van der Waals surface area (Å²) in [5.74, 6) is 0.883. The fourth-order valence-electron chi connectivity index (χ4n) is 2.49. The first-order chi connectivity index (χ1) is 10.3. The Hall–Kier alpha value is -2.49. The number of aromatic amines is 1. The van der Waals surface area contributed by atoms with Gasteiger partial charge >= 0.3 is 0 Å². The lowest BCUT2D eigenvalue weighted by Gasteiger charge is -2.19. The van der Waals surface area contributed by atoms with Crippen molar-refractivity contribution in [3.8, 4) is 5.75 Å². The number of hydrogen-bond donors (Lipinski definition) is 2. The fraction of sp³-hybridized carbons (Fsp3) is 0.235. The van der Waals surface area contributed by atoms with Crippen molar-refractivity contribution in [2.24, 2.45) is 0 Å². The topological polar surface area (TPSA) is 49.9 Å². The third-order valence-electron chi connectivity index (χ3n) is 3.71. The second-order valence-corrected chi connectivity index (χ2v) is 5.05. The summed E-state index contributed by atoms with van der Waals surface area (Å²) in [6.45, 7) is 2.18. The summed E-state index contributed by atoms with van der Waals surface area (Å²) >= 11 is 0. The molecule has 0 amide bonds. The van der Waals surface area contributed by atoms with Crippen LogP contribution in [-0.2, 0) is 0 Å². The summed E-state index contributed by atoms with van der Waals surface area (Å²) in [4.78, 5) is 0. The van der Waals surface area contributed by atoms with Crippen molar-refractivity contribution in [2.45, 2.75) is 19.4 Å². The van der Waals surface area contributed by atoms with Crippen LogP contribution in [0.3, 0.4) is 0 Å². The van der Waals surface area contributed by atoms with E-state index in [4.69, 9.17) is 4.74 Å². The van der Waals surface area contributed by atoms with Gasteiger partial charge in [-0.25, -0.2) is 0 Å². The zero-order valence-corrected chi connectivity index (χ0v) is 12.3. The molecule has 1 unspecified atom stereocenters. The van der Waals surface area contributed by atoms with Crippen LogP contribution >= 0.6 is 0 Å². The van der Waals surface area contributed by atoms with Crippen LogP contribution in [0.15, 0.2) is 48.7 Å². The molecule has 0 saturated carbocycles. The summed E-state index contributed by atoms with van der Waals surface area (Å²) < 4.78 is 5.21. The summed E-state index contributed by atoms with van der Waals surface area (Å²) in [6.07, 6.45) is 2.85. The van der Waals surface area contributed by atoms with Crippen molar-refractivity contribution in [3.05, 3.63) is 54.2 Å². The first kappa shape index (κ1) is 13.5. The van der Waals surface area contributed by atoms with Gasteiger partial charge in [-0.2, -0.15) is 5.10 Å². The van der Waals surface area contributed by atoms with Crippen LogP contribution < -0.4 is 10.1 Å². The van der Waals surface area contributed by atoms with Crippen molar-refractivity contribution in [1.29, 1.82) is 0 Å². The molecule has 1 atom stereocenters. The number of rotatable bonds is 5. The molecule has 3 rings (SSSR count). The molecule has 3 aromatic rings. The smallest absolute Gasteiger partial charge is 0.118 e.